The fraction of sp³-hybridized carbons (Fsp3) is 0.0769. The molecule has 1 amide bonds. The highest BCUT2D eigenvalue weighted by molar-refractivity contribution is 9.10. The van der Waals surface area contributed by atoms with Crippen LogP contribution < -0.4 is 10.9 Å². The minimum atomic E-state index is -1.10. The molecule has 1 aromatic heterocycles. The average molecular weight is 352 g/mol. The number of benzene rings is 1. The lowest BCUT2D eigenvalue weighted by Gasteiger charge is -2.08. The molecule has 1 aromatic carbocycles. The van der Waals surface area contributed by atoms with Gasteiger partial charge in [0.05, 0.1) is 11.3 Å². The Bertz CT molecular complexity index is 785. The van der Waals surface area contributed by atoms with Crippen LogP contribution in [0.4, 0.5) is 5.69 Å². The van der Waals surface area contributed by atoms with Gasteiger partial charge in [0.1, 0.15) is 5.69 Å². The summed E-state index contributed by atoms with van der Waals surface area (Å²) in [7, 11) is 1.43. The van der Waals surface area contributed by atoms with E-state index in [4.69, 9.17) is 5.11 Å². The van der Waals surface area contributed by atoms with Crippen molar-refractivity contribution in [2.45, 2.75) is 0 Å². The van der Waals surface area contributed by atoms with Gasteiger partial charge in [0, 0.05) is 17.6 Å². The third-order valence-electron chi connectivity index (χ3n) is 2.65. The van der Waals surface area contributed by atoms with Crippen molar-refractivity contribution in [1.82, 2.24) is 9.78 Å². The number of carboxylic acid groups (broad SMARTS) is 1. The predicted octanol–water partition coefficient (Wildman–Crippen LogP) is 1.49. The van der Waals surface area contributed by atoms with Crippen LogP contribution in [0.15, 0.2) is 39.6 Å². The summed E-state index contributed by atoms with van der Waals surface area (Å²) in [6.45, 7) is 0. The first-order valence-corrected chi connectivity index (χ1v) is 6.56. The van der Waals surface area contributed by atoms with E-state index in [1.807, 2.05) is 0 Å². The van der Waals surface area contributed by atoms with Crippen LogP contribution in [0.5, 0.6) is 0 Å². The lowest BCUT2D eigenvalue weighted by molar-refractivity contribution is 0.0696. The van der Waals surface area contributed by atoms with Gasteiger partial charge in [0.2, 0.25) is 0 Å². The SMILES string of the molecule is Cn1nc(C(=O)Nc2cc(C(=O)O)ccc2Br)ccc1=O. The Morgan fingerprint density at radius 1 is 1.29 bits per heavy atom. The zero-order chi connectivity index (χ0) is 15.6. The van der Waals surface area contributed by atoms with E-state index in [-0.39, 0.29) is 16.8 Å². The lowest BCUT2D eigenvalue weighted by Crippen LogP contribution is -2.23. The van der Waals surface area contributed by atoms with Gasteiger partial charge in [-0.2, -0.15) is 5.10 Å². The van der Waals surface area contributed by atoms with Crippen molar-refractivity contribution in [3.8, 4) is 0 Å². The highest BCUT2D eigenvalue weighted by Gasteiger charge is 2.13. The van der Waals surface area contributed by atoms with E-state index >= 15 is 0 Å². The van der Waals surface area contributed by atoms with Crippen molar-refractivity contribution in [3.05, 3.63) is 56.4 Å². The number of hydrogen-bond donors (Lipinski definition) is 2. The molecule has 0 aliphatic heterocycles. The van der Waals surface area contributed by atoms with Crippen molar-refractivity contribution in [1.29, 1.82) is 0 Å². The van der Waals surface area contributed by atoms with E-state index in [0.29, 0.717) is 10.2 Å². The molecular weight excluding hydrogens is 342 g/mol. The summed E-state index contributed by atoms with van der Waals surface area (Å²) >= 11 is 3.22. The monoisotopic (exact) mass is 351 g/mol. The van der Waals surface area contributed by atoms with Crippen LogP contribution in [-0.4, -0.2) is 26.8 Å². The number of carbonyl (C=O) groups excluding carboxylic acids is 1. The molecule has 0 fully saturated rings. The van der Waals surface area contributed by atoms with E-state index in [0.717, 1.165) is 4.68 Å². The molecule has 1 heterocycles. The summed E-state index contributed by atoms with van der Waals surface area (Å²) in [5, 5.41) is 15.3. The highest BCUT2D eigenvalue weighted by Crippen LogP contribution is 2.24. The van der Waals surface area contributed by atoms with Crippen LogP contribution in [0.2, 0.25) is 0 Å². The molecule has 2 aromatic rings. The van der Waals surface area contributed by atoms with E-state index in [1.54, 1.807) is 0 Å². The molecule has 7 nitrogen and oxygen atoms in total. The zero-order valence-corrected chi connectivity index (χ0v) is 12.4. The number of rotatable bonds is 3. The van der Waals surface area contributed by atoms with Gasteiger partial charge in [0.25, 0.3) is 11.5 Å². The number of nitrogens with zero attached hydrogens (tertiary/aromatic N) is 2. The van der Waals surface area contributed by atoms with Crippen molar-refractivity contribution in [2.24, 2.45) is 7.05 Å². The quantitative estimate of drug-likeness (QED) is 0.872. The van der Waals surface area contributed by atoms with Gasteiger partial charge in [-0.05, 0) is 40.2 Å². The molecule has 0 atom stereocenters. The largest absolute Gasteiger partial charge is 0.478 e. The minimum absolute atomic E-state index is 0.0434. The van der Waals surface area contributed by atoms with Crippen molar-refractivity contribution in [2.75, 3.05) is 5.32 Å². The second kappa shape index (κ2) is 5.88. The standard InChI is InChI=1S/C13H10BrN3O4/c1-17-11(18)5-4-9(16-17)12(19)15-10-6-7(13(20)21)2-3-8(10)14/h2-6H,1H3,(H,15,19)(H,20,21). The van der Waals surface area contributed by atoms with Crippen LogP contribution in [0.25, 0.3) is 0 Å². The molecule has 21 heavy (non-hydrogen) atoms. The number of aromatic carboxylic acids is 1. The average Bonchev–Trinajstić information content (AvgIpc) is 2.43. The molecule has 8 heteroatoms. The summed E-state index contributed by atoms with van der Waals surface area (Å²) in [4.78, 5) is 34.2. The molecule has 0 saturated carbocycles. The number of carboxylic acids is 1. The normalized spacial score (nSPS) is 10.2. The molecule has 2 N–H and O–H groups in total. The van der Waals surface area contributed by atoms with Gasteiger partial charge in [-0.15, -0.1) is 0 Å². The highest BCUT2D eigenvalue weighted by atomic mass is 79.9. The summed E-state index contributed by atoms with van der Waals surface area (Å²) in [6, 6.07) is 6.78. The van der Waals surface area contributed by atoms with Gasteiger partial charge in [0.15, 0.2) is 0 Å². The molecule has 0 spiro atoms. The Morgan fingerprint density at radius 2 is 2.00 bits per heavy atom. The summed E-state index contributed by atoms with van der Waals surface area (Å²) in [5.74, 6) is -1.65. The van der Waals surface area contributed by atoms with Crippen molar-refractivity contribution >= 4 is 33.5 Å². The second-order valence-electron chi connectivity index (χ2n) is 4.13. The van der Waals surface area contributed by atoms with E-state index < -0.39 is 11.9 Å². The van der Waals surface area contributed by atoms with Crippen LogP contribution in [-0.2, 0) is 7.05 Å². The third-order valence-corrected chi connectivity index (χ3v) is 3.35. The summed E-state index contributed by atoms with van der Waals surface area (Å²) < 4.78 is 1.57. The fourth-order valence-electron chi connectivity index (χ4n) is 1.56. The Kier molecular flexibility index (Phi) is 4.18. The summed E-state index contributed by atoms with van der Waals surface area (Å²) in [6.07, 6.45) is 0. The number of amides is 1. The number of carbonyl (C=O) groups is 2. The fourth-order valence-corrected chi connectivity index (χ4v) is 1.91. The predicted molar refractivity (Wildman–Crippen MR) is 78.5 cm³/mol. The minimum Gasteiger partial charge on any atom is -0.478 e. The Balaban J connectivity index is 2.30. The van der Waals surface area contributed by atoms with E-state index in [1.165, 1.54) is 37.4 Å². The number of hydrogen-bond acceptors (Lipinski definition) is 4. The molecule has 0 radical (unpaired) electrons. The Hall–Kier alpha value is -2.48. The molecule has 0 aliphatic rings. The number of aromatic nitrogens is 2. The number of aryl methyl sites for hydroxylation is 1. The number of anilines is 1. The maximum Gasteiger partial charge on any atom is 0.335 e. The maximum atomic E-state index is 12.1. The Morgan fingerprint density at radius 3 is 2.62 bits per heavy atom. The van der Waals surface area contributed by atoms with Crippen molar-refractivity contribution < 1.29 is 14.7 Å². The van der Waals surface area contributed by atoms with Crippen LogP contribution in [0.1, 0.15) is 20.8 Å². The van der Waals surface area contributed by atoms with Crippen molar-refractivity contribution in [3.63, 3.8) is 0 Å². The molecule has 2 rings (SSSR count). The second-order valence-corrected chi connectivity index (χ2v) is 4.99. The molecule has 0 saturated heterocycles. The van der Waals surface area contributed by atoms with Crippen LogP contribution in [0, 0.1) is 0 Å². The molecule has 0 bridgehead atoms. The van der Waals surface area contributed by atoms with Gasteiger partial charge < -0.3 is 10.4 Å². The smallest absolute Gasteiger partial charge is 0.335 e. The van der Waals surface area contributed by atoms with Gasteiger partial charge >= 0.3 is 5.97 Å². The van der Waals surface area contributed by atoms with Gasteiger partial charge in [-0.1, -0.05) is 0 Å². The third kappa shape index (κ3) is 3.34. The Labute approximate surface area is 127 Å². The van der Waals surface area contributed by atoms with Crippen LogP contribution in [0.3, 0.4) is 0 Å². The first kappa shape index (κ1) is 14.9. The lowest BCUT2D eigenvalue weighted by atomic mass is 10.2. The number of halogens is 1. The molecule has 108 valence electrons. The zero-order valence-electron chi connectivity index (χ0n) is 10.8. The summed E-state index contributed by atoms with van der Waals surface area (Å²) in [5.41, 5.74) is 0.0582. The first-order valence-electron chi connectivity index (χ1n) is 5.77. The first-order chi connectivity index (χ1) is 9.88. The van der Waals surface area contributed by atoms with Gasteiger partial charge in [-0.25, -0.2) is 9.48 Å². The molecular formula is C13H10BrN3O4. The van der Waals surface area contributed by atoms with Crippen LogP contribution >= 0.6 is 15.9 Å². The maximum absolute atomic E-state index is 12.1. The molecule has 0 unspecified atom stereocenters. The topological polar surface area (TPSA) is 101 Å². The van der Waals surface area contributed by atoms with E-state index in [9.17, 15) is 14.4 Å². The number of nitrogens with one attached hydrogen (secondary N) is 1. The molecule has 0 aliphatic carbocycles. The van der Waals surface area contributed by atoms with Gasteiger partial charge in [-0.3, -0.25) is 9.59 Å². The van der Waals surface area contributed by atoms with E-state index in [2.05, 4.69) is 26.3 Å².